The molecular weight excluding hydrogens is 697 g/mol. The first-order valence-corrected chi connectivity index (χ1v) is 19.6. The molecule has 1 unspecified atom stereocenters. The number of hydrogen-bond acceptors (Lipinski definition) is 5. The predicted molar refractivity (Wildman–Crippen MR) is 206 cm³/mol. The van der Waals surface area contributed by atoms with Crippen LogP contribution in [-0.4, -0.2) is 45.2 Å². The minimum atomic E-state index is -1.34. The number of carbonyl (C=O) groups excluding carboxylic acids is 2. The van der Waals surface area contributed by atoms with Gasteiger partial charge in [-0.05, 0) is 109 Å². The highest BCUT2D eigenvalue weighted by molar-refractivity contribution is 6.10. The van der Waals surface area contributed by atoms with Crippen molar-refractivity contribution in [3.8, 4) is 5.75 Å². The molecule has 0 aliphatic heterocycles. The zero-order valence-corrected chi connectivity index (χ0v) is 31.3. The van der Waals surface area contributed by atoms with E-state index in [1.807, 2.05) is 66.7 Å². The molecule has 6 aliphatic rings. The molecule has 3 saturated carbocycles. The monoisotopic (exact) mass is 743 g/mol. The van der Waals surface area contributed by atoms with E-state index in [0.717, 1.165) is 41.3 Å². The number of ketones is 1. The molecule has 2 bridgehead atoms. The largest absolute Gasteiger partial charge is 0.415 e. The van der Waals surface area contributed by atoms with E-state index in [1.54, 1.807) is 11.0 Å². The summed E-state index contributed by atoms with van der Waals surface area (Å²) in [5, 5.41) is 26.1. The van der Waals surface area contributed by atoms with Gasteiger partial charge in [-0.2, -0.15) is 0 Å². The van der Waals surface area contributed by atoms with Crippen LogP contribution < -0.4 is 4.74 Å². The average Bonchev–Trinajstić information content (AvgIpc) is 3.45. The summed E-state index contributed by atoms with van der Waals surface area (Å²) in [6, 6.07) is 26.4. The molecule has 0 aromatic heterocycles. The van der Waals surface area contributed by atoms with E-state index in [1.165, 1.54) is 6.07 Å². The summed E-state index contributed by atoms with van der Waals surface area (Å²) in [5.74, 6) is -2.20. The molecule has 1 amide bonds. The van der Waals surface area contributed by atoms with Crippen LogP contribution in [0.3, 0.4) is 0 Å². The van der Waals surface area contributed by atoms with Gasteiger partial charge >= 0.3 is 6.09 Å². The van der Waals surface area contributed by atoms with Crippen molar-refractivity contribution in [2.45, 2.75) is 77.0 Å². The van der Waals surface area contributed by atoms with Crippen molar-refractivity contribution >= 4 is 22.6 Å². The summed E-state index contributed by atoms with van der Waals surface area (Å²) in [7, 11) is 0. The number of fused-ring (bicyclic) bond motifs is 2. The molecule has 55 heavy (non-hydrogen) atoms. The quantitative estimate of drug-likeness (QED) is 0.146. The van der Waals surface area contributed by atoms with Crippen molar-refractivity contribution < 1.29 is 33.3 Å². The third-order valence-corrected chi connectivity index (χ3v) is 15.0. The highest BCUT2D eigenvalue weighted by Gasteiger charge is 2.74. The van der Waals surface area contributed by atoms with Crippen molar-refractivity contribution in [1.29, 1.82) is 0 Å². The van der Waals surface area contributed by atoms with Crippen LogP contribution >= 0.6 is 0 Å². The Morgan fingerprint density at radius 1 is 0.800 bits per heavy atom. The topological polar surface area (TPSA) is 87.1 Å². The van der Waals surface area contributed by atoms with Gasteiger partial charge in [-0.3, -0.25) is 4.79 Å². The maximum atomic E-state index is 14.8. The van der Waals surface area contributed by atoms with E-state index < -0.39 is 45.7 Å². The molecule has 4 aromatic carbocycles. The third-order valence-electron chi connectivity index (χ3n) is 15.0. The molecule has 2 N–H and O–H groups in total. The van der Waals surface area contributed by atoms with Crippen LogP contribution in [0.5, 0.6) is 5.75 Å². The summed E-state index contributed by atoms with van der Waals surface area (Å²) in [6.45, 7) is 4.66. The van der Waals surface area contributed by atoms with Gasteiger partial charge in [-0.1, -0.05) is 92.7 Å². The molecule has 0 heterocycles. The standard InChI is InChI=1S/C47H47F2NO5/c1-43-19-16-34(51)26-45(43)22-23-47(36(27-45)41(52)33-13-15-37(48)38(49)25-33)39(43)17-20-44(2)40(47)18-21-46(44,54)29-50(28-30-8-4-3-5-9-30)42(53)55-35-14-12-31-10-6-7-11-32(31)24-35/h3-15,22-25,27,34,39-40,51,54H,16-21,26,28-29H2,1-2H3/t34?,39-,40-,43-,44+,45+,46-,47-/m1/s1. The summed E-state index contributed by atoms with van der Waals surface area (Å²) in [6.07, 6.45) is 9.70. The van der Waals surface area contributed by atoms with Crippen LogP contribution in [0.4, 0.5) is 13.6 Å². The SMILES string of the molecule is C[C@]12CC[C@H]3[C@]4(C=C[C@@]5(C=C4C(=O)c4ccc(F)c(F)c4)CC(O)CC[C@]35C)[C@@H]1CC[C@@]2(O)CN(Cc1ccccc1)C(=O)Oc1ccc2ccccc2c1. The Morgan fingerprint density at radius 2 is 1.51 bits per heavy atom. The van der Waals surface area contributed by atoms with Gasteiger partial charge in [0.15, 0.2) is 17.4 Å². The zero-order chi connectivity index (χ0) is 38.4. The first kappa shape index (κ1) is 36.0. The molecule has 284 valence electrons. The fourth-order valence-electron chi connectivity index (χ4n) is 12.1. The fraction of sp³-hybridized carbons (Fsp3) is 0.404. The Kier molecular flexibility index (Phi) is 8.30. The van der Waals surface area contributed by atoms with Gasteiger partial charge in [0.25, 0.3) is 0 Å². The van der Waals surface area contributed by atoms with E-state index in [0.29, 0.717) is 43.4 Å². The number of Topliss-reactive ketones (excluding diaryl/α,β-unsaturated/α-hetero) is 1. The maximum absolute atomic E-state index is 14.8. The Bertz CT molecular complexity index is 2270. The number of nitrogens with zero attached hydrogens (tertiary/aromatic N) is 1. The van der Waals surface area contributed by atoms with Gasteiger partial charge in [-0.25, -0.2) is 13.6 Å². The van der Waals surface area contributed by atoms with Crippen molar-refractivity contribution in [3.63, 3.8) is 0 Å². The summed E-state index contributed by atoms with van der Waals surface area (Å²) >= 11 is 0. The average molecular weight is 744 g/mol. The van der Waals surface area contributed by atoms with Crippen LogP contribution in [0.25, 0.3) is 10.8 Å². The number of allylic oxidation sites excluding steroid dienone is 4. The minimum Gasteiger partial charge on any atom is -0.410 e. The number of aliphatic hydroxyl groups excluding tert-OH is 1. The van der Waals surface area contributed by atoms with Gasteiger partial charge in [0.2, 0.25) is 0 Å². The molecule has 0 saturated heterocycles. The maximum Gasteiger partial charge on any atom is 0.415 e. The number of aliphatic hydroxyl groups is 2. The van der Waals surface area contributed by atoms with Crippen LogP contribution in [0, 0.1) is 45.1 Å². The molecular formula is C47H47F2NO5. The molecule has 8 atom stereocenters. The predicted octanol–water partition coefficient (Wildman–Crippen LogP) is 9.59. The second kappa shape index (κ2) is 12.7. The van der Waals surface area contributed by atoms with Crippen molar-refractivity contribution in [3.05, 3.63) is 138 Å². The minimum absolute atomic E-state index is 0.0189. The van der Waals surface area contributed by atoms with Crippen LogP contribution in [-0.2, 0) is 6.54 Å². The van der Waals surface area contributed by atoms with Crippen LogP contribution in [0.1, 0.15) is 74.7 Å². The number of hydrogen-bond donors (Lipinski definition) is 2. The van der Waals surface area contributed by atoms with Gasteiger partial charge in [0.05, 0.1) is 18.2 Å². The number of halogens is 2. The van der Waals surface area contributed by atoms with Gasteiger partial charge in [0, 0.05) is 33.9 Å². The van der Waals surface area contributed by atoms with Gasteiger partial charge in [0.1, 0.15) is 5.75 Å². The highest BCUT2D eigenvalue weighted by atomic mass is 19.2. The normalized spacial score (nSPS) is 34.4. The molecule has 10 rings (SSSR count). The van der Waals surface area contributed by atoms with E-state index in [4.69, 9.17) is 4.74 Å². The van der Waals surface area contributed by atoms with Crippen molar-refractivity contribution in [1.82, 2.24) is 4.90 Å². The molecule has 0 radical (unpaired) electrons. The number of rotatable bonds is 7. The first-order valence-electron chi connectivity index (χ1n) is 19.6. The Balaban J connectivity index is 1.10. The molecule has 2 spiro atoms. The van der Waals surface area contributed by atoms with Crippen molar-refractivity contribution in [2.75, 3.05) is 6.54 Å². The van der Waals surface area contributed by atoms with Gasteiger partial charge < -0.3 is 19.8 Å². The fourth-order valence-corrected chi connectivity index (χ4v) is 12.1. The van der Waals surface area contributed by atoms with E-state index >= 15 is 0 Å². The summed E-state index contributed by atoms with van der Waals surface area (Å²) < 4.78 is 34.8. The van der Waals surface area contributed by atoms with Crippen LogP contribution in [0.2, 0.25) is 0 Å². The van der Waals surface area contributed by atoms with E-state index in [-0.39, 0.29) is 41.7 Å². The summed E-state index contributed by atoms with van der Waals surface area (Å²) in [4.78, 5) is 30.6. The number of benzene rings is 4. The summed E-state index contributed by atoms with van der Waals surface area (Å²) in [5.41, 5.74) is -2.16. The van der Waals surface area contributed by atoms with E-state index in [9.17, 15) is 28.6 Å². The molecule has 6 nitrogen and oxygen atoms in total. The Morgan fingerprint density at radius 3 is 2.29 bits per heavy atom. The number of amides is 1. The lowest BCUT2D eigenvalue weighted by Gasteiger charge is -2.71. The van der Waals surface area contributed by atoms with Crippen LogP contribution in [0.15, 0.2) is 115 Å². The molecule has 4 aromatic rings. The lowest BCUT2D eigenvalue weighted by molar-refractivity contribution is -0.175. The van der Waals surface area contributed by atoms with Crippen molar-refractivity contribution in [2.24, 2.45) is 33.5 Å². The molecule has 8 heteroatoms. The third kappa shape index (κ3) is 5.31. The second-order valence-electron chi connectivity index (χ2n) is 17.5. The Hall–Kier alpha value is -4.66. The smallest absolute Gasteiger partial charge is 0.410 e. The van der Waals surface area contributed by atoms with E-state index in [2.05, 4.69) is 32.1 Å². The molecule has 3 fully saturated rings. The lowest BCUT2D eigenvalue weighted by Crippen LogP contribution is -2.67. The van der Waals surface area contributed by atoms with Gasteiger partial charge in [-0.15, -0.1) is 0 Å². The Labute approximate surface area is 320 Å². The second-order valence-corrected chi connectivity index (χ2v) is 17.5. The first-order chi connectivity index (χ1) is 26.3. The molecule has 6 aliphatic carbocycles. The number of ether oxygens (including phenoxy) is 1. The lowest BCUT2D eigenvalue weighted by atomic mass is 9.32. The number of carbonyl (C=O) groups is 2. The zero-order valence-electron chi connectivity index (χ0n) is 31.3. The highest BCUT2D eigenvalue weighted by Crippen LogP contribution is 2.78.